The van der Waals surface area contributed by atoms with Crippen molar-refractivity contribution in [3.63, 3.8) is 0 Å². The molecule has 2 aromatic carbocycles. The second-order valence-electron chi connectivity index (χ2n) is 5.70. The second kappa shape index (κ2) is 6.31. The molecule has 1 unspecified atom stereocenters. The molecule has 110 valence electrons. The lowest BCUT2D eigenvalue weighted by Crippen LogP contribution is -2.30. The lowest BCUT2D eigenvalue weighted by molar-refractivity contribution is 0.413. The number of benzene rings is 2. The Morgan fingerprint density at radius 1 is 1.19 bits per heavy atom. The number of rotatable bonds is 4. The molecule has 0 fully saturated rings. The third-order valence-electron chi connectivity index (χ3n) is 4.23. The Balaban J connectivity index is 1.96. The summed E-state index contributed by atoms with van der Waals surface area (Å²) in [5.41, 5.74) is 5.58. The zero-order valence-corrected chi connectivity index (χ0v) is 12.9. The number of hydrogen-bond donors (Lipinski definition) is 1. The number of ether oxygens (including phenoxy) is 1. The molecule has 2 aromatic rings. The third kappa shape index (κ3) is 2.96. The average Bonchev–Trinajstić information content (AvgIpc) is 2.54. The van der Waals surface area contributed by atoms with Crippen molar-refractivity contribution in [1.82, 2.24) is 5.32 Å². The van der Waals surface area contributed by atoms with Crippen LogP contribution in [-0.2, 0) is 12.8 Å². The Labute approximate surface area is 127 Å². The highest BCUT2D eigenvalue weighted by atomic mass is 16.5. The fraction of sp³-hybridized carbons (Fsp3) is 0.368. The molecule has 2 nitrogen and oxygen atoms in total. The van der Waals surface area contributed by atoms with E-state index >= 15 is 0 Å². The lowest BCUT2D eigenvalue weighted by Gasteiger charge is -2.28. The number of nitrogens with one attached hydrogen (secondary N) is 1. The molecule has 0 saturated heterocycles. The highest BCUT2D eigenvalue weighted by molar-refractivity contribution is 5.44. The molecular formula is C19H23NO. The number of fused-ring (bicyclic) bond motifs is 1. The molecule has 1 heterocycles. The minimum Gasteiger partial charge on any atom is -0.497 e. The van der Waals surface area contributed by atoms with Crippen LogP contribution in [0.25, 0.3) is 0 Å². The Kier molecular flexibility index (Phi) is 4.26. The zero-order valence-electron chi connectivity index (χ0n) is 12.9. The normalized spacial score (nSPS) is 17.3. The first-order valence-corrected chi connectivity index (χ1v) is 7.81. The van der Waals surface area contributed by atoms with Crippen LogP contribution in [0.5, 0.6) is 5.75 Å². The molecule has 0 spiro atoms. The van der Waals surface area contributed by atoms with Crippen molar-refractivity contribution in [2.75, 3.05) is 13.7 Å². The van der Waals surface area contributed by atoms with Crippen LogP contribution in [0.3, 0.4) is 0 Å². The molecule has 1 N–H and O–H groups in total. The molecular weight excluding hydrogens is 258 g/mol. The van der Waals surface area contributed by atoms with Crippen LogP contribution in [0.1, 0.15) is 41.6 Å². The summed E-state index contributed by atoms with van der Waals surface area (Å²) in [6, 6.07) is 15.7. The first-order chi connectivity index (χ1) is 10.3. The Bertz CT molecular complexity index is 621. The van der Waals surface area contributed by atoms with Gasteiger partial charge in [0.2, 0.25) is 0 Å². The number of methoxy groups -OCH3 is 1. The SMILES string of the molecule is CCCc1cccc(C2NCCc3cc(OC)ccc32)c1. The quantitative estimate of drug-likeness (QED) is 0.918. The molecule has 0 radical (unpaired) electrons. The van der Waals surface area contributed by atoms with Gasteiger partial charge in [0.1, 0.15) is 5.75 Å². The average molecular weight is 281 g/mol. The maximum absolute atomic E-state index is 5.35. The van der Waals surface area contributed by atoms with Gasteiger partial charge in [-0.3, -0.25) is 0 Å². The summed E-state index contributed by atoms with van der Waals surface area (Å²) in [6.45, 7) is 3.25. The van der Waals surface area contributed by atoms with E-state index in [2.05, 4.69) is 54.7 Å². The monoisotopic (exact) mass is 281 g/mol. The minimum atomic E-state index is 0.302. The first-order valence-electron chi connectivity index (χ1n) is 7.81. The van der Waals surface area contributed by atoms with Crippen LogP contribution in [-0.4, -0.2) is 13.7 Å². The van der Waals surface area contributed by atoms with Gasteiger partial charge in [-0.25, -0.2) is 0 Å². The maximum Gasteiger partial charge on any atom is 0.119 e. The van der Waals surface area contributed by atoms with Gasteiger partial charge >= 0.3 is 0 Å². The van der Waals surface area contributed by atoms with E-state index in [1.807, 2.05) is 0 Å². The molecule has 0 amide bonds. The lowest BCUT2D eigenvalue weighted by atomic mass is 9.89. The van der Waals surface area contributed by atoms with Crippen LogP contribution in [0.4, 0.5) is 0 Å². The Morgan fingerprint density at radius 2 is 2.10 bits per heavy atom. The van der Waals surface area contributed by atoms with E-state index in [0.29, 0.717) is 6.04 Å². The van der Waals surface area contributed by atoms with Gasteiger partial charge in [-0.05, 0) is 47.2 Å². The highest BCUT2D eigenvalue weighted by Gasteiger charge is 2.21. The van der Waals surface area contributed by atoms with Crippen molar-refractivity contribution in [2.45, 2.75) is 32.2 Å². The molecule has 3 rings (SSSR count). The fourth-order valence-electron chi connectivity index (χ4n) is 3.18. The van der Waals surface area contributed by atoms with E-state index in [4.69, 9.17) is 4.74 Å². The van der Waals surface area contributed by atoms with Crippen LogP contribution in [0.15, 0.2) is 42.5 Å². The maximum atomic E-state index is 5.35. The van der Waals surface area contributed by atoms with Gasteiger partial charge in [0.05, 0.1) is 13.2 Å². The van der Waals surface area contributed by atoms with Crippen molar-refractivity contribution in [3.05, 3.63) is 64.7 Å². The van der Waals surface area contributed by atoms with Crippen molar-refractivity contribution in [3.8, 4) is 5.75 Å². The largest absolute Gasteiger partial charge is 0.497 e. The zero-order chi connectivity index (χ0) is 14.7. The highest BCUT2D eigenvalue weighted by Crippen LogP contribution is 2.31. The van der Waals surface area contributed by atoms with E-state index in [1.54, 1.807) is 7.11 Å². The smallest absolute Gasteiger partial charge is 0.119 e. The summed E-state index contributed by atoms with van der Waals surface area (Å²) >= 11 is 0. The van der Waals surface area contributed by atoms with Gasteiger partial charge in [0.15, 0.2) is 0 Å². The van der Waals surface area contributed by atoms with Crippen LogP contribution in [0, 0.1) is 0 Å². The van der Waals surface area contributed by atoms with Gasteiger partial charge in [-0.15, -0.1) is 0 Å². The van der Waals surface area contributed by atoms with Gasteiger partial charge in [0.25, 0.3) is 0 Å². The topological polar surface area (TPSA) is 21.3 Å². The Morgan fingerprint density at radius 3 is 2.90 bits per heavy atom. The van der Waals surface area contributed by atoms with E-state index in [9.17, 15) is 0 Å². The molecule has 1 aliphatic rings. The summed E-state index contributed by atoms with van der Waals surface area (Å²) < 4.78 is 5.35. The van der Waals surface area contributed by atoms with Crippen LogP contribution in [0.2, 0.25) is 0 Å². The number of aryl methyl sites for hydroxylation is 1. The predicted octanol–water partition coefficient (Wildman–Crippen LogP) is 3.88. The minimum absolute atomic E-state index is 0.302. The molecule has 0 aromatic heterocycles. The first kappa shape index (κ1) is 14.2. The molecule has 2 heteroatoms. The molecule has 0 aliphatic carbocycles. The molecule has 0 saturated carbocycles. The summed E-state index contributed by atoms with van der Waals surface area (Å²) in [6.07, 6.45) is 3.41. The van der Waals surface area contributed by atoms with Crippen molar-refractivity contribution >= 4 is 0 Å². The molecule has 1 atom stereocenters. The van der Waals surface area contributed by atoms with Gasteiger partial charge in [0, 0.05) is 6.54 Å². The molecule has 21 heavy (non-hydrogen) atoms. The summed E-state index contributed by atoms with van der Waals surface area (Å²) in [7, 11) is 1.73. The van der Waals surface area contributed by atoms with Crippen molar-refractivity contribution < 1.29 is 4.74 Å². The van der Waals surface area contributed by atoms with Crippen LogP contribution >= 0.6 is 0 Å². The number of hydrogen-bond acceptors (Lipinski definition) is 2. The molecule has 1 aliphatic heterocycles. The standard InChI is InChI=1S/C19H23NO/c1-3-5-14-6-4-7-16(12-14)19-18-9-8-17(21-2)13-15(18)10-11-20-19/h4,6-9,12-13,19-20H,3,5,10-11H2,1-2H3. The van der Waals surface area contributed by atoms with E-state index < -0.39 is 0 Å². The van der Waals surface area contributed by atoms with E-state index in [0.717, 1.165) is 25.1 Å². The predicted molar refractivity (Wildman–Crippen MR) is 87.0 cm³/mol. The van der Waals surface area contributed by atoms with Crippen molar-refractivity contribution in [2.24, 2.45) is 0 Å². The van der Waals surface area contributed by atoms with Crippen molar-refractivity contribution in [1.29, 1.82) is 0 Å². The van der Waals surface area contributed by atoms with Gasteiger partial charge in [-0.2, -0.15) is 0 Å². The van der Waals surface area contributed by atoms with E-state index in [1.165, 1.54) is 28.7 Å². The summed E-state index contributed by atoms with van der Waals surface area (Å²) in [5.74, 6) is 0.953. The van der Waals surface area contributed by atoms with Crippen LogP contribution < -0.4 is 10.1 Å². The van der Waals surface area contributed by atoms with E-state index in [-0.39, 0.29) is 0 Å². The Hall–Kier alpha value is -1.80. The summed E-state index contributed by atoms with van der Waals surface area (Å²) in [5, 5.41) is 3.66. The van der Waals surface area contributed by atoms with Gasteiger partial charge in [-0.1, -0.05) is 43.7 Å². The fourth-order valence-corrected chi connectivity index (χ4v) is 3.18. The van der Waals surface area contributed by atoms with Gasteiger partial charge < -0.3 is 10.1 Å². The molecule has 0 bridgehead atoms. The summed E-state index contributed by atoms with van der Waals surface area (Å²) in [4.78, 5) is 0. The second-order valence-corrected chi connectivity index (χ2v) is 5.70. The third-order valence-corrected chi connectivity index (χ3v) is 4.23.